The average Bonchev–Trinajstić information content (AvgIpc) is 2.69. The van der Waals surface area contributed by atoms with Crippen molar-refractivity contribution >= 4 is 23.5 Å². The van der Waals surface area contributed by atoms with Crippen LogP contribution in [-0.2, 0) is 0 Å². The third-order valence-electron chi connectivity index (χ3n) is 4.46. The van der Waals surface area contributed by atoms with Gasteiger partial charge in [0.05, 0.1) is 0 Å². The van der Waals surface area contributed by atoms with E-state index >= 15 is 0 Å². The summed E-state index contributed by atoms with van der Waals surface area (Å²) in [5.74, 6) is 1.50. The number of aromatic nitrogens is 3. The van der Waals surface area contributed by atoms with E-state index in [0.29, 0.717) is 17.8 Å². The normalized spacial score (nSPS) is 16.1. The fourth-order valence-corrected chi connectivity index (χ4v) is 3.00. The van der Waals surface area contributed by atoms with E-state index in [2.05, 4.69) is 69.6 Å². The average molecular weight is 391 g/mol. The van der Waals surface area contributed by atoms with Crippen LogP contribution in [0.25, 0.3) is 0 Å². The Morgan fingerprint density at radius 1 is 0.897 bits per heavy atom. The molecule has 0 amide bonds. The summed E-state index contributed by atoms with van der Waals surface area (Å²) in [4.78, 5) is 13.6. The molecule has 6 nitrogen and oxygen atoms in total. The van der Waals surface area contributed by atoms with E-state index < -0.39 is 0 Å². The van der Waals surface area contributed by atoms with Gasteiger partial charge in [-0.05, 0) is 63.3 Å². The van der Waals surface area contributed by atoms with Gasteiger partial charge >= 0.3 is 0 Å². The molecular formula is C23H30N6. The zero-order valence-corrected chi connectivity index (χ0v) is 17.3. The lowest BCUT2D eigenvalue weighted by atomic mass is 10.0. The van der Waals surface area contributed by atoms with Gasteiger partial charge in [0.1, 0.15) is 0 Å². The zero-order chi connectivity index (χ0) is 20.5. The van der Waals surface area contributed by atoms with Crippen LogP contribution in [0, 0.1) is 0 Å². The first-order valence-corrected chi connectivity index (χ1v) is 10.3. The molecule has 1 aliphatic rings. The van der Waals surface area contributed by atoms with Gasteiger partial charge in [-0.2, -0.15) is 15.0 Å². The summed E-state index contributed by atoms with van der Waals surface area (Å²) in [7, 11) is 0. The number of hydrogen-bond donors (Lipinski definition) is 3. The highest BCUT2D eigenvalue weighted by Gasteiger charge is 2.11. The van der Waals surface area contributed by atoms with Crippen molar-refractivity contribution in [2.45, 2.75) is 52.0 Å². The highest BCUT2D eigenvalue weighted by molar-refractivity contribution is 5.57. The second-order valence-corrected chi connectivity index (χ2v) is 7.43. The number of para-hydroxylation sites is 1. The minimum Gasteiger partial charge on any atom is -0.352 e. The molecule has 152 valence electrons. The van der Waals surface area contributed by atoms with E-state index in [1.165, 1.54) is 12.8 Å². The first kappa shape index (κ1) is 20.6. The molecule has 1 aliphatic carbocycles. The van der Waals surface area contributed by atoms with Crippen LogP contribution in [0.1, 0.15) is 46.0 Å². The van der Waals surface area contributed by atoms with Crippen LogP contribution in [0.2, 0.25) is 0 Å². The Balaban J connectivity index is 1.87. The first-order valence-electron chi connectivity index (χ1n) is 10.3. The van der Waals surface area contributed by atoms with Crippen LogP contribution < -0.4 is 16.0 Å². The highest BCUT2D eigenvalue weighted by atomic mass is 15.3. The minimum atomic E-state index is 0.209. The standard InChI is InChI=1S/C23H30N6/c1-17(2)24-21-27-22(25-19-14-10-8-11-15-19)29-23(28-21)26-20-16-12-7-5-4-6-9-13-18(20)3/h7-8,10-12,14-17H,3-6,9,13H2,1-2H3,(H3,24,25,26,27,28,29)/b12-7-,20-16?. The summed E-state index contributed by atoms with van der Waals surface area (Å²) in [5, 5.41) is 9.87. The van der Waals surface area contributed by atoms with Crippen LogP contribution >= 0.6 is 0 Å². The van der Waals surface area contributed by atoms with Gasteiger partial charge in [0.2, 0.25) is 17.8 Å². The third kappa shape index (κ3) is 6.75. The van der Waals surface area contributed by atoms with Crippen molar-refractivity contribution in [1.29, 1.82) is 0 Å². The van der Waals surface area contributed by atoms with Gasteiger partial charge < -0.3 is 16.0 Å². The van der Waals surface area contributed by atoms with E-state index in [-0.39, 0.29) is 6.04 Å². The van der Waals surface area contributed by atoms with Gasteiger partial charge in [-0.1, -0.05) is 43.4 Å². The molecule has 0 fully saturated rings. The SMILES string of the molecule is C=C1CCCCC/C=C\C=C1Nc1nc(Nc2ccccc2)nc(NC(C)C)n1. The largest absolute Gasteiger partial charge is 0.352 e. The fourth-order valence-electron chi connectivity index (χ4n) is 3.00. The lowest BCUT2D eigenvalue weighted by molar-refractivity contribution is 0.685. The topological polar surface area (TPSA) is 74.8 Å². The number of nitrogens with zero attached hydrogens (tertiary/aromatic N) is 3. The van der Waals surface area contributed by atoms with Gasteiger partial charge in [-0.3, -0.25) is 0 Å². The molecule has 1 aromatic carbocycles. The Kier molecular flexibility index (Phi) is 7.39. The number of rotatable bonds is 6. The summed E-state index contributed by atoms with van der Waals surface area (Å²) >= 11 is 0. The van der Waals surface area contributed by atoms with Crippen molar-refractivity contribution in [2.24, 2.45) is 0 Å². The predicted octanol–water partition coefficient (Wildman–Crippen LogP) is 5.81. The molecular weight excluding hydrogens is 360 g/mol. The van der Waals surface area contributed by atoms with Gasteiger partial charge in [-0.25, -0.2) is 0 Å². The third-order valence-corrected chi connectivity index (χ3v) is 4.46. The quantitative estimate of drug-likeness (QED) is 0.578. The molecule has 6 heteroatoms. The van der Waals surface area contributed by atoms with Crippen LogP contribution in [-0.4, -0.2) is 21.0 Å². The summed E-state index contributed by atoms with van der Waals surface area (Å²) < 4.78 is 0. The number of benzene rings is 1. The minimum absolute atomic E-state index is 0.209. The van der Waals surface area contributed by atoms with E-state index in [0.717, 1.165) is 36.2 Å². The summed E-state index contributed by atoms with van der Waals surface area (Å²) in [6, 6.07) is 10.1. The Morgan fingerprint density at radius 2 is 1.62 bits per heavy atom. The van der Waals surface area contributed by atoms with Crippen molar-refractivity contribution in [2.75, 3.05) is 16.0 Å². The Bertz CT molecular complexity index is 870. The Hall–Kier alpha value is -3.15. The molecule has 0 bridgehead atoms. The number of nitrogens with one attached hydrogen (secondary N) is 3. The molecule has 0 radical (unpaired) electrons. The van der Waals surface area contributed by atoms with Crippen molar-refractivity contribution in [3.05, 3.63) is 66.4 Å². The van der Waals surface area contributed by atoms with Crippen molar-refractivity contribution in [3.8, 4) is 0 Å². The maximum Gasteiger partial charge on any atom is 0.233 e. The lowest BCUT2D eigenvalue weighted by Gasteiger charge is -2.16. The molecule has 1 heterocycles. The Labute approximate surface area is 173 Å². The van der Waals surface area contributed by atoms with Gasteiger partial charge in [-0.15, -0.1) is 0 Å². The van der Waals surface area contributed by atoms with Crippen LogP contribution in [0.5, 0.6) is 0 Å². The number of allylic oxidation sites excluding steroid dienone is 4. The highest BCUT2D eigenvalue weighted by Crippen LogP contribution is 2.21. The van der Waals surface area contributed by atoms with Crippen LogP contribution in [0.3, 0.4) is 0 Å². The van der Waals surface area contributed by atoms with E-state index in [9.17, 15) is 0 Å². The monoisotopic (exact) mass is 390 g/mol. The molecule has 0 saturated heterocycles. The van der Waals surface area contributed by atoms with Gasteiger partial charge in [0.15, 0.2) is 0 Å². The van der Waals surface area contributed by atoms with E-state index in [1.807, 2.05) is 30.3 Å². The second-order valence-electron chi connectivity index (χ2n) is 7.43. The van der Waals surface area contributed by atoms with Gasteiger partial charge in [0, 0.05) is 17.4 Å². The zero-order valence-electron chi connectivity index (χ0n) is 17.3. The molecule has 2 aromatic rings. The van der Waals surface area contributed by atoms with Crippen LogP contribution in [0.4, 0.5) is 23.5 Å². The summed E-state index contributed by atoms with van der Waals surface area (Å²) in [6.45, 7) is 8.37. The van der Waals surface area contributed by atoms with E-state index in [1.54, 1.807) is 0 Å². The van der Waals surface area contributed by atoms with Crippen molar-refractivity contribution in [3.63, 3.8) is 0 Å². The molecule has 1 aromatic heterocycles. The first-order chi connectivity index (χ1) is 14.1. The molecule has 0 unspecified atom stereocenters. The number of anilines is 4. The fraction of sp³-hybridized carbons (Fsp3) is 0.348. The van der Waals surface area contributed by atoms with E-state index in [4.69, 9.17) is 0 Å². The number of hydrogen-bond acceptors (Lipinski definition) is 6. The maximum atomic E-state index is 4.57. The molecule has 0 spiro atoms. The second kappa shape index (κ2) is 10.4. The maximum absolute atomic E-state index is 4.57. The molecule has 0 atom stereocenters. The van der Waals surface area contributed by atoms with Gasteiger partial charge in [0.25, 0.3) is 0 Å². The molecule has 3 N–H and O–H groups in total. The summed E-state index contributed by atoms with van der Waals surface area (Å²) in [6.07, 6.45) is 12.0. The Morgan fingerprint density at radius 3 is 2.38 bits per heavy atom. The molecule has 29 heavy (non-hydrogen) atoms. The lowest BCUT2D eigenvalue weighted by Crippen LogP contribution is -2.16. The van der Waals surface area contributed by atoms with Crippen LogP contribution in [0.15, 0.2) is 66.4 Å². The predicted molar refractivity (Wildman–Crippen MR) is 121 cm³/mol. The smallest absolute Gasteiger partial charge is 0.233 e. The summed E-state index contributed by atoms with van der Waals surface area (Å²) in [5.41, 5.74) is 2.92. The molecule has 0 saturated carbocycles. The van der Waals surface area contributed by atoms with Crippen molar-refractivity contribution in [1.82, 2.24) is 15.0 Å². The van der Waals surface area contributed by atoms with Crippen molar-refractivity contribution < 1.29 is 0 Å². The molecule has 0 aliphatic heterocycles. The molecule has 3 rings (SSSR count).